The Morgan fingerprint density at radius 2 is 0.577 bits per heavy atom. The smallest absolute Gasteiger partial charge is 0.0780 e. The molecule has 0 atom stereocenters. The van der Waals surface area contributed by atoms with Crippen molar-refractivity contribution in [3.05, 3.63) is 0 Å². The van der Waals surface area contributed by atoms with Crippen LogP contribution in [0.3, 0.4) is 0 Å². The van der Waals surface area contributed by atoms with Crippen LogP contribution in [0.25, 0.3) is 0 Å². The number of nitrogens with zero attached hydrogens (tertiary/aromatic N) is 1. The monoisotopic (exact) mass is 368 g/mol. The summed E-state index contributed by atoms with van der Waals surface area (Å²) in [6.45, 7) is 3.63. The van der Waals surface area contributed by atoms with Crippen molar-refractivity contribution >= 4 is 0 Å². The van der Waals surface area contributed by atoms with Gasteiger partial charge >= 0.3 is 0 Å². The van der Waals surface area contributed by atoms with Gasteiger partial charge in [0.2, 0.25) is 0 Å². The molecule has 0 radical (unpaired) electrons. The standard InChI is InChI=1S/C25H54N/c1-5-6-7-8-9-10-11-12-13-14-15-16-17-18-19-20-21-22-23-24-25-26(2,3)4/h5-25H2,1-4H3/q+1. The quantitative estimate of drug-likeness (QED) is 0.141. The Hall–Kier alpha value is -0.0400. The molecule has 158 valence electrons. The van der Waals surface area contributed by atoms with Crippen LogP contribution in [-0.4, -0.2) is 32.2 Å². The number of hydrogen-bond donors (Lipinski definition) is 0. The molecule has 0 aliphatic heterocycles. The van der Waals surface area contributed by atoms with Crippen molar-refractivity contribution in [1.82, 2.24) is 0 Å². The summed E-state index contributed by atoms with van der Waals surface area (Å²) < 4.78 is 1.12. The molecular formula is C25H54N+. The van der Waals surface area contributed by atoms with E-state index in [9.17, 15) is 0 Å². The molecule has 0 fully saturated rings. The summed E-state index contributed by atoms with van der Waals surface area (Å²) in [5.41, 5.74) is 0. The average molecular weight is 369 g/mol. The van der Waals surface area contributed by atoms with E-state index in [1.54, 1.807) is 0 Å². The fraction of sp³-hybridized carbons (Fsp3) is 1.00. The Morgan fingerprint density at radius 1 is 0.346 bits per heavy atom. The predicted octanol–water partition coefficient (Wildman–Crippen LogP) is 8.51. The van der Waals surface area contributed by atoms with Crippen molar-refractivity contribution in [1.29, 1.82) is 0 Å². The zero-order chi connectivity index (χ0) is 19.3. The maximum absolute atomic E-state index is 2.30. The maximum atomic E-state index is 2.30. The molecule has 0 aromatic rings. The van der Waals surface area contributed by atoms with Gasteiger partial charge in [0, 0.05) is 0 Å². The summed E-state index contributed by atoms with van der Waals surface area (Å²) >= 11 is 0. The molecule has 0 heterocycles. The van der Waals surface area contributed by atoms with Crippen LogP contribution in [0.2, 0.25) is 0 Å². The second kappa shape index (κ2) is 19.7. The van der Waals surface area contributed by atoms with Gasteiger partial charge in [0.1, 0.15) is 0 Å². The lowest BCUT2D eigenvalue weighted by molar-refractivity contribution is -0.870. The SMILES string of the molecule is CCCCCCCCCCCCCCCCCCCCCC[N+](C)(C)C. The van der Waals surface area contributed by atoms with Gasteiger partial charge in [-0.05, 0) is 12.8 Å². The van der Waals surface area contributed by atoms with Gasteiger partial charge in [0.15, 0.2) is 0 Å². The lowest BCUT2D eigenvalue weighted by Gasteiger charge is -2.23. The molecule has 0 aromatic heterocycles. The molecule has 0 unspecified atom stereocenters. The summed E-state index contributed by atoms with van der Waals surface area (Å²) in [6.07, 6.45) is 29.3. The van der Waals surface area contributed by atoms with Crippen molar-refractivity contribution in [2.45, 2.75) is 135 Å². The van der Waals surface area contributed by atoms with Gasteiger partial charge < -0.3 is 4.48 Å². The molecule has 26 heavy (non-hydrogen) atoms. The molecule has 0 bridgehead atoms. The van der Waals surface area contributed by atoms with E-state index in [0.717, 1.165) is 4.48 Å². The van der Waals surface area contributed by atoms with Crippen LogP contribution in [0.5, 0.6) is 0 Å². The Bertz CT molecular complexity index is 253. The summed E-state index contributed by atoms with van der Waals surface area (Å²) in [4.78, 5) is 0. The van der Waals surface area contributed by atoms with Crippen molar-refractivity contribution in [2.24, 2.45) is 0 Å². The van der Waals surface area contributed by atoms with Crippen LogP contribution in [0.1, 0.15) is 135 Å². The number of unbranched alkanes of at least 4 members (excludes halogenated alkanes) is 19. The highest BCUT2D eigenvalue weighted by molar-refractivity contribution is 4.50. The fourth-order valence-electron chi connectivity index (χ4n) is 3.84. The van der Waals surface area contributed by atoms with Gasteiger partial charge in [-0.25, -0.2) is 0 Å². The van der Waals surface area contributed by atoms with Crippen LogP contribution < -0.4 is 0 Å². The third kappa shape index (κ3) is 24.0. The van der Waals surface area contributed by atoms with E-state index < -0.39 is 0 Å². The molecular weight excluding hydrogens is 314 g/mol. The van der Waals surface area contributed by atoms with Crippen molar-refractivity contribution in [3.8, 4) is 0 Å². The van der Waals surface area contributed by atoms with Gasteiger partial charge in [-0.1, -0.05) is 122 Å². The van der Waals surface area contributed by atoms with Gasteiger partial charge in [-0.3, -0.25) is 0 Å². The minimum Gasteiger partial charge on any atom is -0.331 e. The van der Waals surface area contributed by atoms with Gasteiger partial charge in [0.05, 0.1) is 27.7 Å². The largest absolute Gasteiger partial charge is 0.331 e. The number of quaternary nitrogens is 1. The Kier molecular flexibility index (Phi) is 19.7. The second-order valence-electron chi connectivity index (χ2n) is 9.73. The Labute approximate surface area is 167 Å². The molecule has 0 saturated carbocycles. The topological polar surface area (TPSA) is 0 Å². The van der Waals surface area contributed by atoms with Gasteiger partial charge in [-0.2, -0.15) is 0 Å². The molecule has 1 heteroatoms. The first kappa shape index (κ1) is 26.0. The normalized spacial score (nSPS) is 12.0. The molecule has 0 spiro atoms. The van der Waals surface area contributed by atoms with Crippen molar-refractivity contribution < 1.29 is 4.48 Å². The van der Waals surface area contributed by atoms with E-state index in [1.165, 1.54) is 135 Å². The van der Waals surface area contributed by atoms with E-state index >= 15 is 0 Å². The summed E-state index contributed by atoms with van der Waals surface area (Å²) in [5.74, 6) is 0. The highest BCUT2D eigenvalue weighted by Gasteiger charge is 2.04. The third-order valence-corrected chi connectivity index (χ3v) is 5.68. The van der Waals surface area contributed by atoms with E-state index in [0.29, 0.717) is 0 Å². The fourth-order valence-corrected chi connectivity index (χ4v) is 3.84. The molecule has 1 nitrogen and oxygen atoms in total. The zero-order valence-electron chi connectivity index (χ0n) is 19.3. The van der Waals surface area contributed by atoms with Gasteiger partial charge in [0.25, 0.3) is 0 Å². The first-order valence-electron chi connectivity index (χ1n) is 12.4. The van der Waals surface area contributed by atoms with E-state index in [-0.39, 0.29) is 0 Å². The number of hydrogen-bond acceptors (Lipinski definition) is 0. The Morgan fingerprint density at radius 3 is 0.808 bits per heavy atom. The minimum atomic E-state index is 1.12. The van der Waals surface area contributed by atoms with E-state index in [1.807, 2.05) is 0 Å². The van der Waals surface area contributed by atoms with Crippen molar-refractivity contribution in [2.75, 3.05) is 27.7 Å². The predicted molar refractivity (Wildman–Crippen MR) is 121 cm³/mol. The average Bonchev–Trinajstić information content (AvgIpc) is 2.59. The van der Waals surface area contributed by atoms with Crippen LogP contribution in [0.15, 0.2) is 0 Å². The highest BCUT2D eigenvalue weighted by Crippen LogP contribution is 2.14. The van der Waals surface area contributed by atoms with Crippen LogP contribution in [0.4, 0.5) is 0 Å². The van der Waals surface area contributed by atoms with E-state index in [2.05, 4.69) is 28.1 Å². The van der Waals surface area contributed by atoms with Crippen LogP contribution >= 0.6 is 0 Å². The third-order valence-electron chi connectivity index (χ3n) is 5.68. The van der Waals surface area contributed by atoms with Crippen LogP contribution in [0, 0.1) is 0 Å². The van der Waals surface area contributed by atoms with Crippen molar-refractivity contribution in [3.63, 3.8) is 0 Å². The summed E-state index contributed by atoms with van der Waals surface area (Å²) in [6, 6.07) is 0. The van der Waals surface area contributed by atoms with Crippen LogP contribution in [-0.2, 0) is 0 Å². The molecule has 0 aliphatic carbocycles. The molecule has 0 aliphatic rings. The lowest BCUT2D eigenvalue weighted by atomic mass is 10.0. The summed E-state index contributed by atoms with van der Waals surface area (Å²) in [7, 11) is 6.90. The van der Waals surface area contributed by atoms with E-state index in [4.69, 9.17) is 0 Å². The molecule has 0 amide bonds. The Balaban J connectivity index is 3.01. The highest BCUT2D eigenvalue weighted by atomic mass is 15.3. The summed E-state index contributed by atoms with van der Waals surface area (Å²) in [5, 5.41) is 0. The molecule has 0 N–H and O–H groups in total. The van der Waals surface area contributed by atoms with Gasteiger partial charge in [-0.15, -0.1) is 0 Å². The maximum Gasteiger partial charge on any atom is 0.0780 e. The molecule has 0 saturated heterocycles. The minimum absolute atomic E-state index is 1.12. The second-order valence-corrected chi connectivity index (χ2v) is 9.73. The lowest BCUT2D eigenvalue weighted by Crippen LogP contribution is -2.35. The first-order chi connectivity index (χ1) is 12.6. The molecule has 0 aromatic carbocycles. The number of rotatable bonds is 21. The molecule has 0 rings (SSSR count). The first-order valence-corrected chi connectivity index (χ1v) is 12.4. The zero-order valence-corrected chi connectivity index (χ0v) is 19.3.